The number of carbonyl (C=O) groups excluding carboxylic acids is 2. The van der Waals surface area contributed by atoms with Crippen molar-refractivity contribution in [1.82, 2.24) is 0 Å². The van der Waals surface area contributed by atoms with E-state index in [2.05, 4.69) is 13.8 Å². The van der Waals surface area contributed by atoms with Crippen molar-refractivity contribution < 1.29 is 14.3 Å². The summed E-state index contributed by atoms with van der Waals surface area (Å²) in [5.74, 6) is 3.44. The van der Waals surface area contributed by atoms with E-state index in [1.165, 1.54) is 32.1 Å². The van der Waals surface area contributed by atoms with E-state index in [-0.39, 0.29) is 17.0 Å². The lowest BCUT2D eigenvalue weighted by Gasteiger charge is -2.61. The number of ketones is 1. The van der Waals surface area contributed by atoms with Gasteiger partial charge in [0.05, 0.1) is 0 Å². The van der Waals surface area contributed by atoms with E-state index >= 15 is 0 Å². The summed E-state index contributed by atoms with van der Waals surface area (Å²) in [6.07, 6.45) is 11.7. The van der Waals surface area contributed by atoms with Crippen molar-refractivity contribution in [3.8, 4) is 0 Å². The van der Waals surface area contributed by atoms with Crippen LogP contribution in [0.15, 0.2) is 0 Å². The molecule has 3 heteroatoms. The molecule has 3 nitrogen and oxygen atoms in total. The first-order valence-electron chi connectivity index (χ1n) is 10.6. The minimum Gasteiger partial charge on any atom is -0.458 e. The highest BCUT2D eigenvalue weighted by atomic mass is 16.6. The highest BCUT2D eigenvalue weighted by molar-refractivity contribution is 5.79. The van der Waals surface area contributed by atoms with Gasteiger partial charge in [-0.25, -0.2) is 0 Å². The molecule has 1 aliphatic heterocycles. The molecule has 4 aliphatic carbocycles. The third kappa shape index (κ3) is 1.99. The van der Waals surface area contributed by atoms with Crippen LogP contribution < -0.4 is 0 Å². The first kappa shape index (κ1) is 16.3. The number of fused-ring (bicyclic) bond motifs is 6. The number of carbonyl (C=O) groups is 2. The van der Waals surface area contributed by atoms with Crippen LogP contribution >= 0.6 is 0 Å². The zero-order chi connectivity index (χ0) is 17.4. The summed E-state index contributed by atoms with van der Waals surface area (Å²) in [7, 11) is 0. The Morgan fingerprint density at radius 1 is 0.880 bits per heavy atom. The van der Waals surface area contributed by atoms with Crippen LogP contribution in [-0.2, 0) is 14.3 Å². The number of rotatable bonds is 0. The molecule has 0 N–H and O–H groups in total. The van der Waals surface area contributed by atoms with E-state index in [4.69, 9.17) is 4.74 Å². The Hall–Kier alpha value is -0.860. The smallest absolute Gasteiger partial charge is 0.306 e. The van der Waals surface area contributed by atoms with E-state index in [0.29, 0.717) is 29.5 Å². The van der Waals surface area contributed by atoms with E-state index in [0.717, 1.165) is 43.9 Å². The zero-order valence-electron chi connectivity index (χ0n) is 15.8. The molecule has 5 fully saturated rings. The largest absolute Gasteiger partial charge is 0.458 e. The third-order valence-electron chi connectivity index (χ3n) is 9.81. The molecule has 4 saturated carbocycles. The van der Waals surface area contributed by atoms with Crippen molar-refractivity contribution >= 4 is 11.8 Å². The van der Waals surface area contributed by atoms with Gasteiger partial charge in [-0.1, -0.05) is 13.8 Å². The molecule has 5 rings (SSSR count). The SMILES string of the molecule is C[C@]12CCC(=O)CC1CC[C@@H]1[C@@H]2CC[C@@]2(C)[C@H]1CC[C@@]21CCC(=O)O1. The standard InChI is InChI=1S/C22H32O3/c1-20-9-5-15(23)13-14(20)3-4-16-17(20)6-10-21(2)18(16)7-11-22(21)12-8-19(24)25-22/h14,16-18H,3-13H2,1-2H3/t14?,16-,17+,18+,20+,21+,22-/m1/s1. The molecule has 0 aromatic rings. The molecular weight excluding hydrogens is 312 g/mol. The van der Waals surface area contributed by atoms with Gasteiger partial charge in [0, 0.05) is 24.7 Å². The van der Waals surface area contributed by atoms with Gasteiger partial charge in [-0.3, -0.25) is 9.59 Å². The zero-order valence-corrected chi connectivity index (χ0v) is 15.8. The van der Waals surface area contributed by atoms with Gasteiger partial charge >= 0.3 is 5.97 Å². The molecule has 5 aliphatic rings. The molecule has 0 amide bonds. The maximum atomic E-state index is 12.0. The van der Waals surface area contributed by atoms with Crippen LogP contribution in [0.25, 0.3) is 0 Å². The first-order valence-corrected chi connectivity index (χ1v) is 10.6. The number of Topliss-reactive ketones (excluding diaryl/α,β-unsaturated/α-hetero) is 1. The second-order valence-corrected chi connectivity index (χ2v) is 10.4. The van der Waals surface area contributed by atoms with E-state index in [1.54, 1.807) is 0 Å². The van der Waals surface area contributed by atoms with Crippen molar-refractivity contribution in [2.45, 2.75) is 90.1 Å². The first-order chi connectivity index (χ1) is 11.9. The predicted octanol–water partition coefficient (Wildman–Crippen LogP) is 4.67. The van der Waals surface area contributed by atoms with Crippen LogP contribution in [0.1, 0.15) is 84.5 Å². The Morgan fingerprint density at radius 3 is 2.44 bits per heavy atom. The summed E-state index contributed by atoms with van der Waals surface area (Å²) in [4.78, 5) is 23.9. The van der Waals surface area contributed by atoms with Crippen LogP contribution in [0.5, 0.6) is 0 Å². The van der Waals surface area contributed by atoms with E-state index in [9.17, 15) is 9.59 Å². The maximum absolute atomic E-state index is 12.0. The Bertz CT molecular complexity index is 627. The maximum Gasteiger partial charge on any atom is 0.306 e. The summed E-state index contributed by atoms with van der Waals surface area (Å²) in [6.45, 7) is 4.95. The van der Waals surface area contributed by atoms with Gasteiger partial charge in [-0.05, 0) is 80.5 Å². The summed E-state index contributed by atoms with van der Waals surface area (Å²) < 4.78 is 6.02. The quantitative estimate of drug-likeness (QED) is 0.600. The fourth-order valence-corrected chi connectivity index (χ4v) is 8.34. The molecule has 0 bridgehead atoms. The van der Waals surface area contributed by atoms with Crippen LogP contribution in [0, 0.1) is 34.5 Å². The Morgan fingerprint density at radius 2 is 1.68 bits per heavy atom. The molecule has 1 spiro atoms. The highest BCUT2D eigenvalue weighted by Crippen LogP contribution is 2.70. The fourth-order valence-electron chi connectivity index (χ4n) is 8.34. The molecule has 7 atom stereocenters. The lowest BCUT2D eigenvalue weighted by Crippen LogP contribution is -2.56. The Labute approximate surface area is 151 Å². The molecule has 1 heterocycles. The number of ether oxygens (including phenoxy) is 1. The predicted molar refractivity (Wildman–Crippen MR) is 94.8 cm³/mol. The molecule has 0 aromatic carbocycles. The van der Waals surface area contributed by atoms with E-state index in [1.807, 2.05) is 0 Å². The van der Waals surface area contributed by atoms with Gasteiger partial charge in [0.2, 0.25) is 0 Å². The molecule has 0 radical (unpaired) electrons. The lowest BCUT2D eigenvalue weighted by atomic mass is 9.44. The Kier molecular flexibility index (Phi) is 3.33. The lowest BCUT2D eigenvalue weighted by molar-refractivity contribution is -0.174. The number of hydrogen-bond donors (Lipinski definition) is 0. The van der Waals surface area contributed by atoms with Crippen molar-refractivity contribution in [3.05, 3.63) is 0 Å². The molecule has 1 saturated heterocycles. The van der Waals surface area contributed by atoms with Crippen LogP contribution in [-0.4, -0.2) is 17.4 Å². The van der Waals surface area contributed by atoms with Gasteiger partial charge in [0.25, 0.3) is 0 Å². The minimum atomic E-state index is -0.153. The monoisotopic (exact) mass is 344 g/mol. The number of hydrogen-bond acceptors (Lipinski definition) is 3. The molecular formula is C22H32O3. The average molecular weight is 344 g/mol. The van der Waals surface area contributed by atoms with Crippen LogP contribution in [0.4, 0.5) is 0 Å². The number of esters is 1. The van der Waals surface area contributed by atoms with Crippen molar-refractivity contribution in [3.63, 3.8) is 0 Å². The van der Waals surface area contributed by atoms with Crippen LogP contribution in [0.3, 0.4) is 0 Å². The van der Waals surface area contributed by atoms with Gasteiger partial charge in [-0.15, -0.1) is 0 Å². The second kappa shape index (κ2) is 5.10. The minimum absolute atomic E-state index is 0.0328. The topological polar surface area (TPSA) is 43.4 Å². The normalized spacial score (nSPS) is 54.8. The van der Waals surface area contributed by atoms with Gasteiger partial charge in [0.15, 0.2) is 0 Å². The van der Waals surface area contributed by atoms with Crippen molar-refractivity contribution in [2.75, 3.05) is 0 Å². The summed E-state index contributed by atoms with van der Waals surface area (Å²) >= 11 is 0. The Balaban J connectivity index is 1.46. The van der Waals surface area contributed by atoms with Crippen molar-refractivity contribution in [1.29, 1.82) is 0 Å². The molecule has 0 aromatic heterocycles. The summed E-state index contributed by atoms with van der Waals surface area (Å²) in [6, 6.07) is 0. The van der Waals surface area contributed by atoms with E-state index < -0.39 is 0 Å². The molecule has 25 heavy (non-hydrogen) atoms. The average Bonchev–Trinajstić information content (AvgIpc) is 3.10. The van der Waals surface area contributed by atoms with Gasteiger partial charge in [-0.2, -0.15) is 0 Å². The summed E-state index contributed by atoms with van der Waals surface area (Å²) in [5.41, 5.74) is 0.411. The third-order valence-corrected chi connectivity index (χ3v) is 9.81. The fraction of sp³-hybridized carbons (Fsp3) is 0.909. The van der Waals surface area contributed by atoms with Crippen molar-refractivity contribution in [2.24, 2.45) is 34.5 Å². The molecule has 1 unspecified atom stereocenters. The molecule has 138 valence electrons. The summed E-state index contributed by atoms with van der Waals surface area (Å²) in [5, 5.41) is 0. The van der Waals surface area contributed by atoms with Crippen LogP contribution in [0.2, 0.25) is 0 Å². The second-order valence-electron chi connectivity index (χ2n) is 10.4. The highest BCUT2D eigenvalue weighted by Gasteiger charge is 2.67. The van der Waals surface area contributed by atoms with Gasteiger partial charge < -0.3 is 4.74 Å². The van der Waals surface area contributed by atoms with Gasteiger partial charge in [0.1, 0.15) is 11.4 Å².